The number of rotatable bonds is 2. The number of hydrogen-bond acceptors (Lipinski definition) is 2. The van der Waals surface area contributed by atoms with Crippen molar-refractivity contribution in [3.8, 4) is 0 Å². The second kappa shape index (κ2) is 2.47. The molecule has 13 heavy (non-hydrogen) atoms. The van der Waals surface area contributed by atoms with Gasteiger partial charge in [0, 0.05) is 6.04 Å². The van der Waals surface area contributed by atoms with E-state index in [1.165, 1.54) is 19.3 Å². The van der Waals surface area contributed by atoms with Crippen molar-refractivity contribution in [1.29, 1.82) is 0 Å². The van der Waals surface area contributed by atoms with Gasteiger partial charge >= 0.3 is 0 Å². The highest BCUT2D eigenvalue weighted by atomic mass is 16.2. The highest BCUT2D eigenvalue weighted by molar-refractivity contribution is 5.88. The maximum Gasteiger partial charge on any atom is 0.240 e. The quantitative estimate of drug-likeness (QED) is 0.646. The first-order valence-electron chi connectivity index (χ1n) is 5.34. The van der Waals surface area contributed by atoms with Crippen molar-refractivity contribution in [2.75, 3.05) is 6.54 Å². The number of carbonyl (C=O) groups is 1. The van der Waals surface area contributed by atoms with E-state index in [1.54, 1.807) is 0 Å². The summed E-state index contributed by atoms with van der Waals surface area (Å²) in [5, 5.41) is 6.48. The first-order valence-corrected chi connectivity index (χ1v) is 5.34. The van der Waals surface area contributed by atoms with E-state index >= 15 is 0 Å². The Morgan fingerprint density at radius 2 is 2.15 bits per heavy atom. The summed E-state index contributed by atoms with van der Waals surface area (Å²) < 4.78 is 0. The number of nitrogens with one attached hydrogen (secondary N) is 2. The van der Waals surface area contributed by atoms with Crippen molar-refractivity contribution in [2.24, 2.45) is 5.92 Å². The fourth-order valence-corrected chi connectivity index (χ4v) is 2.70. The van der Waals surface area contributed by atoms with Crippen LogP contribution >= 0.6 is 0 Å². The minimum Gasteiger partial charge on any atom is -0.352 e. The average molecular weight is 180 g/mol. The van der Waals surface area contributed by atoms with Gasteiger partial charge in [-0.05, 0) is 44.6 Å². The molecule has 4 rings (SSSR count). The van der Waals surface area contributed by atoms with E-state index in [0.29, 0.717) is 6.04 Å². The van der Waals surface area contributed by atoms with E-state index in [9.17, 15) is 4.79 Å². The zero-order valence-electron chi connectivity index (χ0n) is 7.81. The van der Waals surface area contributed by atoms with Crippen LogP contribution in [0, 0.1) is 5.92 Å². The van der Waals surface area contributed by atoms with E-state index in [-0.39, 0.29) is 11.4 Å². The minimum atomic E-state index is -0.139. The lowest BCUT2D eigenvalue weighted by Gasteiger charge is -2.38. The molecule has 2 aliphatic carbocycles. The summed E-state index contributed by atoms with van der Waals surface area (Å²) in [6, 6.07) is 0.489. The van der Waals surface area contributed by atoms with Crippen molar-refractivity contribution in [3.63, 3.8) is 0 Å². The van der Waals surface area contributed by atoms with Crippen LogP contribution in [0.5, 0.6) is 0 Å². The minimum absolute atomic E-state index is 0.139. The van der Waals surface area contributed by atoms with Gasteiger partial charge in [-0.25, -0.2) is 0 Å². The van der Waals surface area contributed by atoms with E-state index < -0.39 is 0 Å². The second-order valence-corrected chi connectivity index (χ2v) is 4.84. The lowest BCUT2D eigenvalue weighted by Crippen LogP contribution is -2.58. The summed E-state index contributed by atoms with van der Waals surface area (Å²) >= 11 is 0. The molecule has 2 aliphatic heterocycles. The van der Waals surface area contributed by atoms with E-state index in [2.05, 4.69) is 10.6 Å². The van der Waals surface area contributed by atoms with Gasteiger partial charge in [0.15, 0.2) is 0 Å². The van der Waals surface area contributed by atoms with Gasteiger partial charge in [-0.3, -0.25) is 4.79 Å². The van der Waals surface area contributed by atoms with E-state index in [4.69, 9.17) is 0 Å². The number of fused-ring (bicyclic) bond motifs is 1. The molecule has 4 fully saturated rings. The molecule has 0 aromatic carbocycles. The van der Waals surface area contributed by atoms with Crippen LogP contribution < -0.4 is 10.6 Å². The molecule has 0 atom stereocenters. The molecule has 2 saturated carbocycles. The Labute approximate surface area is 78.3 Å². The second-order valence-electron chi connectivity index (χ2n) is 4.84. The molecule has 0 unspecified atom stereocenters. The molecular formula is C10H16N2O. The lowest BCUT2D eigenvalue weighted by molar-refractivity contribution is -0.131. The first kappa shape index (κ1) is 7.80. The van der Waals surface area contributed by atoms with Gasteiger partial charge in [-0.2, -0.15) is 0 Å². The Hall–Kier alpha value is -0.570. The van der Waals surface area contributed by atoms with Gasteiger partial charge in [0.05, 0.1) is 5.54 Å². The fraction of sp³-hybridized carbons (Fsp3) is 0.900. The predicted octanol–water partition coefficient (Wildman–Crippen LogP) is 0.407. The number of amides is 1. The van der Waals surface area contributed by atoms with Crippen LogP contribution in [-0.4, -0.2) is 24.0 Å². The summed E-state index contributed by atoms with van der Waals surface area (Å²) in [4.78, 5) is 11.8. The van der Waals surface area contributed by atoms with Gasteiger partial charge in [0.25, 0.3) is 0 Å². The summed E-state index contributed by atoms with van der Waals surface area (Å²) in [6.07, 6.45) is 5.81. The van der Waals surface area contributed by atoms with Crippen LogP contribution in [0.25, 0.3) is 0 Å². The van der Waals surface area contributed by atoms with Crippen LogP contribution in [0.2, 0.25) is 0 Å². The summed E-state index contributed by atoms with van der Waals surface area (Å²) in [5.41, 5.74) is -0.139. The fourth-order valence-electron chi connectivity index (χ4n) is 2.70. The molecule has 3 nitrogen and oxygen atoms in total. The van der Waals surface area contributed by atoms with Gasteiger partial charge in [0.2, 0.25) is 5.91 Å². The van der Waals surface area contributed by atoms with Crippen molar-refractivity contribution in [3.05, 3.63) is 0 Å². The highest BCUT2D eigenvalue weighted by Gasteiger charge is 2.55. The lowest BCUT2D eigenvalue weighted by atomic mass is 9.72. The average Bonchev–Trinajstić information content (AvgIpc) is 2.52. The third-order valence-corrected chi connectivity index (χ3v) is 3.88. The van der Waals surface area contributed by atoms with Crippen LogP contribution in [0.1, 0.15) is 32.1 Å². The zero-order chi connectivity index (χ0) is 8.89. The topological polar surface area (TPSA) is 41.1 Å². The van der Waals surface area contributed by atoms with E-state index in [0.717, 1.165) is 25.3 Å². The molecule has 2 heterocycles. The Bertz CT molecular complexity index is 236. The number of carbonyl (C=O) groups excluding carboxylic acids is 1. The van der Waals surface area contributed by atoms with Gasteiger partial charge in [-0.15, -0.1) is 0 Å². The van der Waals surface area contributed by atoms with Gasteiger partial charge < -0.3 is 10.6 Å². The Morgan fingerprint density at radius 3 is 2.62 bits per heavy atom. The van der Waals surface area contributed by atoms with Crippen LogP contribution in [0.4, 0.5) is 0 Å². The molecule has 2 bridgehead atoms. The van der Waals surface area contributed by atoms with Crippen LogP contribution in [-0.2, 0) is 4.79 Å². The third kappa shape index (κ3) is 1.03. The molecule has 2 N–H and O–H groups in total. The maximum atomic E-state index is 11.8. The zero-order valence-corrected chi connectivity index (χ0v) is 7.81. The Balaban J connectivity index is 1.61. The van der Waals surface area contributed by atoms with Crippen LogP contribution in [0.15, 0.2) is 0 Å². The Morgan fingerprint density at radius 1 is 1.38 bits per heavy atom. The predicted molar refractivity (Wildman–Crippen MR) is 49.2 cm³/mol. The Kier molecular flexibility index (Phi) is 1.48. The molecule has 0 aromatic heterocycles. The van der Waals surface area contributed by atoms with Crippen molar-refractivity contribution >= 4 is 5.91 Å². The highest BCUT2D eigenvalue weighted by Crippen LogP contribution is 2.43. The largest absolute Gasteiger partial charge is 0.352 e. The van der Waals surface area contributed by atoms with Gasteiger partial charge in [-0.1, -0.05) is 0 Å². The molecule has 0 spiro atoms. The standard InChI is InChI=1S/C10H16N2O/c13-9(12-8-2-1-3-8)10-4-7(5-10)6-11-10/h7-8,11H,1-6H2,(H,12,13). The third-order valence-electron chi connectivity index (χ3n) is 3.88. The van der Waals surface area contributed by atoms with E-state index in [1.807, 2.05) is 0 Å². The molecule has 3 heteroatoms. The SMILES string of the molecule is O=C(NC1CCC1)C12CC(CN1)C2. The molecular weight excluding hydrogens is 164 g/mol. The first-order chi connectivity index (χ1) is 6.28. The van der Waals surface area contributed by atoms with Crippen molar-refractivity contribution in [1.82, 2.24) is 10.6 Å². The summed E-state index contributed by atoms with van der Waals surface area (Å²) in [6.45, 7) is 1.05. The molecule has 1 amide bonds. The monoisotopic (exact) mass is 180 g/mol. The smallest absolute Gasteiger partial charge is 0.240 e. The molecule has 2 saturated heterocycles. The van der Waals surface area contributed by atoms with Gasteiger partial charge in [0.1, 0.15) is 0 Å². The molecule has 0 aromatic rings. The van der Waals surface area contributed by atoms with Crippen molar-refractivity contribution < 1.29 is 4.79 Å². The molecule has 72 valence electrons. The maximum absolute atomic E-state index is 11.8. The van der Waals surface area contributed by atoms with Crippen LogP contribution in [0.3, 0.4) is 0 Å². The number of hydrogen-bond donors (Lipinski definition) is 2. The molecule has 4 aliphatic rings. The normalized spacial score (nSPS) is 42.3. The molecule has 0 radical (unpaired) electrons. The summed E-state index contributed by atoms with van der Waals surface area (Å²) in [5.74, 6) is 1.05. The van der Waals surface area contributed by atoms with Crippen molar-refractivity contribution in [2.45, 2.75) is 43.7 Å². The summed E-state index contributed by atoms with van der Waals surface area (Å²) in [7, 11) is 0.